The van der Waals surface area contributed by atoms with Gasteiger partial charge in [-0.1, -0.05) is 50.2 Å². The summed E-state index contributed by atoms with van der Waals surface area (Å²) in [7, 11) is -7.82. The number of ether oxygens (including phenoxy) is 1. The first kappa shape index (κ1) is 41.6. The number of nitrogens with one attached hydrogen (secondary N) is 2. The van der Waals surface area contributed by atoms with Gasteiger partial charge < -0.3 is 33.0 Å². The maximum absolute atomic E-state index is 16.0. The molecule has 2 aromatic carbocycles. The Morgan fingerprint density at radius 3 is 2.02 bits per heavy atom. The number of carbonyl (C=O) groups is 3. The highest BCUT2D eigenvalue weighted by atomic mass is 32.3. The summed E-state index contributed by atoms with van der Waals surface area (Å²) < 4.78 is 92.1. The molecule has 1 aromatic heterocycles. The average molecular weight is 817 g/mol. The molecule has 0 fully saturated rings. The highest BCUT2D eigenvalue weighted by Gasteiger charge is 2.52. The zero-order chi connectivity index (χ0) is 40.3. The van der Waals surface area contributed by atoms with E-state index in [0.717, 1.165) is 27.8 Å². The molecule has 0 aliphatic carbocycles. The third-order valence-corrected chi connectivity index (χ3v) is 16.1. The number of allylic oxidation sites excluding steroid dienone is 2. The summed E-state index contributed by atoms with van der Waals surface area (Å²) in [6.07, 6.45) is 4.33. The van der Waals surface area contributed by atoms with E-state index in [4.69, 9.17) is 4.74 Å². The van der Waals surface area contributed by atoms with E-state index >= 15 is 8.63 Å². The van der Waals surface area contributed by atoms with Crippen molar-refractivity contribution in [3.05, 3.63) is 102 Å². The molecule has 3 heterocycles. The molecule has 3 aromatic rings. The summed E-state index contributed by atoms with van der Waals surface area (Å²) in [5.41, 5.74) is 2.00. The van der Waals surface area contributed by atoms with Gasteiger partial charge in [0.15, 0.2) is 30.0 Å². The van der Waals surface area contributed by atoms with Crippen molar-refractivity contribution in [1.29, 1.82) is 0 Å². The minimum Gasteiger partial charge on any atom is -0.467 e. The Morgan fingerprint density at radius 2 is 1.47 bits per heavy atom. The first-order valence-corrected chi connectivity index (χ1v) is 21.7. The molecule has 55 heavy (non-hydrogen) atoms. The first-order valence-electron chi connectivity index (χ1n) is 17.5. The third-order valence-electron chi connectivity index (χ3n) is 9.46. The molecule has 0 saturated heterocycles. The van der Waals surface area contributed by atoms with E-state index in [2.05, 4.69) is 10.6 Å². The topological polar surface area (TPSA) is 161 Å². The maximum Gasteiger partial charge on any atom is 0.737 e. The lowest BCUT2D eigenvalue weighted by Crippen LogP contribution is -2.54. The molecule has 2 aliphatic heterocycles. The van der Waals surface area contributed by atoms with Crippen molar-refractivity contribution in [1.82, 2.24) is 15.1 Å². The van der Waals surface area contributed by atoms with Gasteiger partial charge in [-0.25, -0.2) is 21.6 Å². The normalized spacial score (nSPS) is 16.0. The number of hydrogen-bond acceptors (Lipinski definition) is 9. The summed E-state index contributed by atoms with van der Waals surface area (Å²) in [6.45, 7) is 2.43. The number of carbonyl (C=O) groups excluding carboxylic acids is 3. The van der Waals surface area contributed by atoms with E-state index in [1.807, 2.05) is 0 Å². The van der Waals surface area contributed by atoms with Crippen LogP contribution in [0, 0.1) is 19.8 Å². The molecule has 2 atom stereocenters. The number of thioether (sulfide) groups is 1. The van der Waals surface area contributed by atoms with E-state index in [0.29, 0.717) is 17.0 Å². The van der Waals surface area contributed by atoms with Gasteiger partial charge in [-0.15, -0.1) is 0 Å². The average Bonchev–Trinajstić information content (AvgIpc) is 3.70. The fourth-order valence-corrected chi connectivity index (χ4v) is 13.1. The van der Waals surface area contributed by atoms with Crippen LogP contribution >= 0.6 is 11.8 Å². The molecule has 0 radical (unpaired) electrons. The maximum atomic E-state index is 16.0. The number of esters is 1. The second-order valence-electron chi connectivity index (χ2n) is 13.6. The van der Waals surface area contributed by atoms with Gasteiger partial charge in [0.05, 0.1) is 16.9 Å². The number of hydrogen-bond donors (Lipinski definition) is 2. The summed E-state index contributed by atoms with van der Waals surface area (Å²) in [5, 5.41) is 5.17. The first-order chi connectivity index (χ1) is 25.9. The van der Waals surface area contributed by atoms with Crippen molar-refractivity contribution < 1.29 is 49.1 Å². The largest absolute Gasteiger partial charge is 0.737 e. The van der Waals surface area contributed by atoms with Crippen molar-refractivity contribution in [2.75, 3.05) is 18.6 Å². The zero-order valence-electron chi connectivity index (χ0n) is 30.9. The van der Waals surface area contributed by atoms with Crippen molar-refractivity contribution in [2.24, 2.45) is 5.92 Å². The number of aromatic nitrogens is 1. The molecule has 5 rings (SSSR count). The molecule has 18 heteroatoms. The van der Waals surface area contributed by atoms with Crippen LogP contribution in [-0.2, 0) is 38.8 Å². The molecule has 2 aliphatic rings. The summed E-state index contributed by atoms with van der Waals surface area (Å²) in [5.74, 6) is -3.49. The summed E-state index contributed by atoms with van der Waals surface area (Å²) in [6, 6.07) is 13.4. The Labute approximate surface area is 324 Å². The molecule has 2 amide bonds. The van der Waals surface area contributed by atoms with Gasteiger partial charge in [0, 0.05) is 48.3 Å². The molecule has 0 spiro atoms. The number of amides is 2. The van der Waals surface area contributed by atoms with Gasteiger partial charge in [-0.05, 0) is 61.4 Å². The van der Waals surface area contributed by atoms with E-state index in [-0.39, 0.29) is 39.8 Å². The molecular formula is C37H43BF2N4O8S3. The smallest absolute Gasteiger partial charge is 0.467 e. The second kappa shape index (κ2) is 16.7. The Kier molecular flexibility index (Phi) is 12.6. The minimum absolute atomic E-state index is 0.114. The number of nitrogens with zero attached hydrogens (tertiary/aromatic N) is 2. The van der Waals surface area contributed by atoms with Crippen LogP contribution in [0.15, 0.2) is 94.4 Å². The number of methoxy groups -OCH3 is 1. The number of fused-ring (bicyclic) bond motifs is 2. The molecule has 12 nitrogen and oxygen atoms in total. The molecular weight excluding hydrogens is 773 g/mol. The lowest BCUT2D eigenvalue weighted by atomic mass is 9.90. The Balaban J connectivity index is 1.38. The molecule has 0 unspecified atom stereocenters. The quantitative estimate of drug-likeness (QED) is 0.159. The fourth-order valence-electron chi connectivity index (χ4n) is 6.62. The number of sulfone groups is 2. The summed E-state index contributed by atoms with van der Waals surface area (Å²) >= 11 is 0.806. The van der Waals surface area contributed by atoms with Crippen molar-refractivity contribution in [3.8, 4) is 0 Å². The van der Waals surface area contributed by atoms with E-state index in [1.54, 1.807) is 58.0 Å². The monoisotopic (exact) mass is 816 g/mol. The van der Waals surface area contributed by atoms with Gasteiger partial charge in [0.25, 0.3) is 0 Å². The van der Waals surface area contributed by atoms with Crippen LogP contribution in [-0.4, -0.2) is 91.5 Å². The van der Waals surface area contributed by atoms with Gasteiger partial charge in [-0.3, -0.25) is 9.59 Å². The number of benzene rings is 2. The second-order valence-corrected chi connectivity index (χ2v) is 19.3. The minimum atomic E-state index is -4.49. The lowest BCUT2D eigenvalue weighted by molar-refractivity contribution is -0.362. The van der Waals surface area contributed by atoms with Gasteiger partial charge >= 0.3 is 12.9 Å². The van der Waals surface area contributed by atoms with Gasteiger partial charge in [-0.2, -0.15) is 11.8 Å². The van der Waals surface area contributed by atoms with Crippen LogP contribution in [0.3, 0.4) is 0 Å². The van der Waals surface area contributed by atoms with E-state index < -0.39 is 72.8 Å². The Bertz CT molecular complexity index is 2210. The SMILES string of the molecule is COC(=O)[C@@H](NC(=O)[C@H](CSCC(S(=O)(=O)c1ccccc1)S(=O)(=O)c1ccccc1)NC(=O)CCC1=[N+]2C(=Cc3c(C)cc(C)n3[B-]2(F)F)C=C1)C(C)C. The fraction of sp³-hybridized carbons (Fsp3) is 0.351. The molecule has 294 valence electrons. The van der Waals surface area contributed by atoms with Crippen LogP contribution in [0.5, 0.6) is 0 Å². The third kappa shape index (κ3) is 8.65. The Morgan fingerprint density at radius 1 is 0.891 bits per heavy atom. The van der Waals surface area contributed by atoms with Crippen LogP contribution < -0.4 is 10.6 Å². The van der Waals surface area contributed by atoms with Gasteiger partial charge in [0.1, 0.15) is 17.8 Å². The van der Waals surface area contributed by atoms with Crippen LogP contribution in [0.25, 0.3) is 6.08 Å². The van der Waals surface area contributed by atoms with E-state index in [9.17, 15) is 31.2 Å². The number of halogens is 2. The predicted octanol–water partition coefficient (Wildman–Crippen LogP) is 4.29. The molecule has 0 saturated carbocycles. The highest BCUT2D eigenvalue weighted by Crippen LogP contribution is 2.35. The van der Waals surface area contributed by atoms with E-state index in [1.165, 1.54) is 54.6 Å². The molecule has 0 bridgehead atoms. The van der Waals surface area contributed by atoms with Crippen molar-refractivity contribution in [3.63, 3.8) is 0 Å². The predicted molar refractivity (Wildman–Crippen MR) is 208 cm³/mol. The standard InChI is InChI=1S/C37H43BF2N4O8S3/c1-24(2)35(37(47)52-5)42-36(46)31(22-53-23-34(54(48,49)29-12-8-6-9-13-29)55(50,51)30-14-10-7-11-15-30)41-33(45)19-18-27-16-17-28-21-32-25(3)20-26(4)43(32)38(39,40)44(27)28/h6-17,20-21,24,31,34-35H,18-19,22-23H2,1-5H3,(H,41,45)(H,42,46)/t31-,35-/m0/s1. The lowest BCUT2D eigenvalue weighted by Gasteiger charge is -2.30. The number of rotatable bonds is 16. The van der Waals surface area contributed by atoms with Crippen LogP contribution in [0.2, 0.25) is 0 Å². The summed E-state index contributed by atoms with van der Waals surface area (Å²) in [4.78, 5) is 39.2. The van der Waals surface area contributed by atoms with Crippen LogP contribution in [0.1, 0.15) is 43.6 Å². The highest BCUT2D eigenvalue weighted by molar-refractivity contribution is 8.11. The Hall–Kier alpha value is -4.55. The van der Waals surface area contributed by atoms with Crippen molar-refractivity contribution in [2.45, 2.75) is 67.0 Å². The van der Waals surface area contributed by atoms with Crippen LogP contribution in [0.4, 0.5) is 8.63 Å². The number of aryl methyl sites for hydroxylation is 2. The zero-order valence-corrected chi connectivity index (χ0v) is 33.4. The van der Waals surface area contributed by atoms with Gasteiger partial charge in [0.2, 0.25) is 11.8 Å². The van der Waals surface area contributed by atoms with Crippen molar-refractivity contribution >= 4 is 68.0 Å². The molecule has 2 N–H and O–H groups in total.